The number of aromatic nitrogens is 3. The molecule has 0 fully saturated rings. The third kappa shape index (κ3) is 3.74. The van der Waals surface area contributed by atoms with E-state index in [4.69, 9.17) is 0 Å². The van der Waals surface area contributed by atoms with E-state index in [2.05, 4.69) is 10.1 Å². The van der Waals surface area contributed by atoms with Crippen LogP contribution < -0.4 is 0 Å². The van der Waals surface area contributed by atoms with Gasteiger partial charge in [0.25, 0.3) is 6.43 Å². The summed E-state index contributed by atoms with van der Waals surface area (Å²) in [6, 6.07) is 4.16. The number of alkyl halides is 2. The predicted molar refractivity (Wildman–Crippen MR) is 89.2 cm³/mol. The van der Waals surface area contributed by atoms with E-state index in [1.807, 2.05) is 6.92 Å². The van der Waals surface area contributed by atoms with Gasteiger partial charge in [-0.3, -0.25) is 4.68 Å². The molecule has 25 heavy (non-hydrogen) atoms. The Balaban J connectivity index is 2.01. The summed E-state index contributed by atoms with van der Waals surface area (Å²) in [4.78, 5) is 5.29. The van der Waals surface area contributed by atoms with Crippen LogP contribution in [0.25, 0.3) is 11.3 Å². The van der Waals surface area contributed by atoms with E-state index in [1.165, 1.54) is 34.3 Å². The summed E-state index contributed by atoms with van der Waals surface area (Å²) in [5, 5.41) is 14.7. The van der Waals surface area contributed by atoms with Gasteiger partial charge in [-0.2, -0.15) is 5.10 Å². The maximum absolute atomic E-state index is 13.5. The molecule has 0 radical (unpaired) electrons. The molecule has 3 rings (SSSR count). The van der Waals surface area contributed by atoms with E-state index >= 15 is 0 Å². The SMILES string of the molecule is Cc1nc(-c2ccc(F)cc2C(C)O)c(Cn2cc(C(F)F)cn2)s1. The molecular formula is C17H16F3N3OS. The molecule has 1 unspecified atom stereocenters. The Hall–Kier alpha value is -2.19. The zero-order valence-corrected chi connectivity index (χ0v) is 14.4. The highest BCUT2D eigenvalue weighted by Gasteiger charge is 2.19. The maximum Gasteiger partial charge on any atom is 0.266 e. The van der Waals surface area contributed by atoms with E-state index in [0.29, 0.717) is 16.8 Å². The van der Waals surface area contributed by atoms with Gasteiger partial charge in [0.1, 0.15) is 5.82 Å². The topological polar surface area (TPSA) is 50.9 Å². The van der Waals surface area contributed by atoms with E-state index < -0.39 is 18.3 Å². The highest BCUT2D eigenvalue weighted by Crippen LogP contribution is 2.34. The van der Waals surface area contributed by atoms with Crippen LogP contribution in [-0.2, 0) is 6.54 Å². The standard InChI is InChI=1S/C17H16F3N3OS/c1-9(24)14-5-12(18)3-4-13(14)16-15(25-10(2)22-16)8-23-7-11(6-21-23)17(19)20/h3-7,9,17,24H,8H2,1-2H3. The Labute approximate surface area is 146 Å². The Morgan fingerprint density at radius 3 is 2.72 bits per heavy atom. The number of thiazole rings is 1. The summed E-state index contributed by atoms with van der Waals surface area (Å²) < 4.78 is 40.4. The molecule has 0 aliphatic heterocycles. The van der Waals surface area contributed by atoms with Crippen molar-refractivity contribution >= 4 is 11.3 Å². The molecule has 1 aromatic carbocycles. The van der Waals surface area contributed by atoms with E-state index in [0.717, 1.165) is 16.1 Å². The first-order valence-electron chi connectivity index (χ1n) is 7.60. The fourth-order valence-electron chi connectivity index (χ4n) is 2.61. The molecule has 8 heteroatoms. The number of hydrogen-bond acceptors (Lipinski definition) is 4. The van der Waals surface area contributed by atoms with Crippen molar-refractivity contribution in [3.8, 4) is 11.3 Å². The maximum atomic E-state index is 13.5. The van der Waals surface area contributed by atoms with Crippen molar-refractivity contribution < 1.29 is 18.3 Å². The normalized spacial score (nSPS) is 12.8. The highest BCUT2D eigenvalue weighted by molar-refractivity contribution is 7.12. The van der Waals surface area contributed by atoms with Gasteiger partial charge in [0.05, 0.1) is 40.0 Å². The average molecular weight is 367 g/mol. The number of halogens is 3. The van der Waals surface area contributed by atoms with Gasteiger partial charge in [-0.1, -0.05) is 0 Å². The summed E-state index contributed by atoms with van der Waals surface area (Å²) in [5.41, 5.74) is 1.51. The molecule has 0 amide bonds. The summed E-state index contributed by atoms with van der Waals surface area (Å²) in [7, 11) is 0. The van der Waals surface area contributed by atoms with Gasteiger partial charge in [-0.15, -0.1) is 11.3 Å². The third-order valence-corrected chi connectivity index (χ3v) is 4.69. The van der Waals surface area contributed by atoms with Crippen LogP contribution in [0.15, 0.2) is 30.6 Å². The van der Waals surface area contributed by atoms with Crippen LogP contribution in [0, 0.1) is 12.7 Å². The lowest BCUT2D eigenvalue weighted by Gasteiger charge is -2.12. The van der Waals surface area contributed by atoms with Crippen molar-refractivity contribution in [1.29, 1.82) is 0 Å². The van der Waals surface area contributed by atoms with Crippen LogP contribution in [-0.4, -0.2) is 19.9 Å². The van der Waals surface area contributed by atoms with Crippen LogP contribution in [0.1, 0.15) is 40.5 Å². The van der Waals surface area contributed by atoms with E-state index in [-0.39, 0.29) is 12.1 Å². The monoisotopic (exact) mass is 367 g/mol. The Morgan fingerprint density at radius 1 is 1.32 bits per heavy atom. The predicted octanol–water partition coefficient (Wildman–Crippen LogP) is 4.49. The Kier molecular flexibility index (Phi) is 4.91. The molecule has 0 saturated heterocycles. The van der Waals surface area contributed by atoms with Crippen molar-refractivity contribution in [3.63, 3.8) is 0 Å². The van der Waals surface area contributed by atoms with Gasteiger partial charge in [0.15, 0.2) is 0 Å². The Bertz CT molecular complexity index is 889. The zero-order chi connectivity index (χ0) is 18.1. The first-order valence-corrected chi connectivity index (χ1v) is 8.41. The van der Waals surface area contributed by atoms with Crippen molar-refractivity contribution in [2.24, 2.45) is 0 Å². The largest absolute Gasteiger partial charge is 0.389 e. The van der Waals surface area contributed by atoms with Crippen molar-refractivity contribution in [2.45, 2.75) is 32.9 Å². The molecule has 0 saturated carbocycles. The second-order valence-electron chi connectivity index (χ2n) is 5.68. The van der Waals surface area contributed by atoms with Gasteiger partial charge >= 0.3 is 0 Å². The number of aryl methyl sites for hydroxylation is 1. The fraction of sp³-hybridized carbons (Fsp3) is 0.294. The second kappa shape index (κ2) is 6.97. The molecule has 0 aliphatic rings. The van der Waals surface area contributed by atoms with Crippen molar-refractivity contribution in [1.82, 2.24) is 14.8 Å². The quantitative estimate of drug-likeness (QED) is 0.723. The molecule has 1 N–H and O–H groups in total. The summed E-state index contributed by atoms with van der Waals surface area (Å²) in [6.07, 6.45) is -1.01. The molecule has 3 aromatic rings. The van der Waals surface area contributed by atoms with Gasteiger partial charge in [0, 0.05) is 11.8 Å². The molecule has 132 valence electrons. The smallest absolute Gasteiger partial charge is 0.266 e. The van der Waals surface area contributed by atoms with E-state index in [1.54, 1.807) is 13.0 Å². The molecule has 2 aromatic heterocycles. The summed E-state index contributed by atoms with van der Waals surface area (Å²) >= 11 is 1.41. The summed E-state index contributed by atoms with van der Waals surface area (Å²) in [5.74, 6) is -0.443. The number of nitrogens with zero attached hydrogens (tertiary/aromatic N) is 3. The molecule has 2 heterocycles. The number of aliphatic hydroxyl groups excluding tert-OH is 1. The lowest BCUT2D eigenvalue weighted by molar-refractivity contribution is 0.151. The average Bonchev–Trinajstić information content (AvgIpc) is 3.14. The molecule has 4 nitrogen and oxygen atoms in total. The van der Waals surface area contributed by atoms with Gasteiger partial charge in [-0.25, -0.2) is 18.2 Å². The number of rotatable bonds is 5. The minimum Gasteiger partial charge on any atom is -0.389 e. The minimum atomic E-state index is -2.57. The Morgan fingerprint density at radius 2 is 2.08 bits per heavy atom. The third-order valence-electron chi connectivity index (χ3n) is 3.73. The molecule has 0 bridgehead atoms. The van der Waals surface area contributed by atoms with Crippen LogP contribution in [0.2, 0.25) is 0 Å². The number of hydrogen-bond donors (Lipinski definition) is 1. The van der Waals surface area contributed by atoms with Crippen molar-refractivity contribution in [3.05, 3.63) is 57.4 Å². The first-order chi connectivity index (χ1) is 11.8. The fourth-order valence-corrected chi connectivity index (χ4v) is 3.55. The minimum absolute atomic E-state index is 0.144. The molecule has 0 aliphatic carbocycles. The number of aliphatic hydroxyl groups is 1. The molecular weight excluding hydrogens is 351 g/mol. The van der Waals surface area contributed by atoms with E-state index in [9.17, 15) is 18.3 Å². The van der Waals surface area contributed by atoms with Crippen molar-refractivity contribution in [2.75, 3.05) is 0 Å². The molecule has 1 atom stereocenters. The van der Waals surface area contributed by atoms with Crippen LogP contribution in [0.3, 0.4) is 0 Å². The van der Waals surface area contributed by atoms with Gasteiger partial charge in [0.2, 0.25) is 0 Å². The van der Waals surface area contributed by atoms with Gasteiger partial charge < -0.3 is 5.11 Å². The van der Waals surface area contributed by atoms with Crippen LogP contribution >= 0.6 is 11.3 Å². The molecule has 0 spiro atoms. The second-order valence-corrected chi connectivity index (χ2v) is 6.97. The van der Waals surface area contributed by atoms with Gasteiger partial charge in [-0.05, 0) is 37.6 Å². The van der Waals surface area contributed by atoms with Crippen LogP contribution in [0.5, 0.6) is 0 Å². The summed E-state index contributed by atoms with van der Waals surface area (Å²) in [6.45, 7) is 3.65. The lowest BCUT2D eigenvalue weighted by atomic mass is 9.99. The first kappa shape index (κ1) is 17.6. The lowest BCUT2D eigenvalue weighted by Crippen LogP contribution is -2.02. The van der Waals surface area contributed by atoms with Crippen LogP contribution in [0.4, 0.5) is 13.2 Å². The zero-order valence-electron chi connectivity index (χ0n) is 13.6. The number of benzene rings is 1. The highest BCUT2D eigenvalue weighted by atomic mass is 32.1.